The molecule has 2 amide bonds. The Morgan fingerprint density at radius 1 is 1.10 bits per heavy atom. The van der Waals surface area contributed by atoms with Crippen molar-refractivity contribution in [2.24, 2.45) is 0 Å². The highest BCUT2D eigenvalue weighted by atomic mass is 35.5. The average molecular weight is 430 g/mol. The number of hydrazine groups is 1. The number of hydrogen-bond acceptors (Lipinski definition) is 6. The molecule has 30 heavy (non-hydrogen) atoms. The van der Waals surface area contributed by atoms with Gasteiger partial charge >= 0.3 is 0 Å². The van der Waals surface area contributed by atoms with Crippen molar-refractivity contribution in [1.82, 2.24) is 25.8 Å². The number of amides is 2. The summed E-state index contributed by atoms with van der Waals surface area (Å²) >= 11 is 6.11. The SMILES string of the molecule is CCOc1ccc(OC(C)C(=O)NNC(=O)c2cn(-c3ccccc3Cl)nn2)cc1. The first-order valence-corrected chi connectivity index (χ1v) is 9.52. The van der Waals surface area contributed by atoms with Gasteiger partial charge in [0.2, 0.25) is 0 Å². The minimum absolute atomic E-state index is 0.00954. The molecule has 0 radical (unpaired) electrons. The summed E-state index contributed by atoms with van der Waals surface area (Å²) in [5.74, 6) is 0.0415. The number of hydrogen-bond donors (Lipinski definition) is 2. The molecule has 2 N–H and O–H groups in total. The van der Waals surface area contributed by atoms with E-state index in [1.54, 1.807) is 55.5 Å². The molecule has 1 heterocycles. The second kappa shape index (κ2) is 9.75. The summed E-state index contributed by atoms with van der Waals surface area (Å²) in [6, 6.07) is 13.9. The van der Waals surface area contributed by atoms with E-state index in [9.17, 15) is 9.59 Å². The van der Waals surface area contributed by atoms with Gasteiger partial charge < -0.3 is 9.47 Å². The lowest BCUT2D eigenvalue weighted by Gasteiger charge is -2.15. The predicted molar refractivity (Wildman–Crippen MR) is 110 cm³/mol. The molecule has 1 atom stereocenters. The molecule has 3 rings (SSSR count). The fourth-order valence-corrected chi connectivity index (χ4v) is 2.67. The van der Waals surface area contributed by atoms with Crippen LogP contribution in [0, 0.1) is 0 Å². The van der Waals surface area contributed by atoms with Crippen molar-refractivity contribution in [3.8, 4) is 17.2 Å². The topological polar surface area (TPSA) is 107 Å². The summed E-state index contributed by atoms with van der Waals surface area (Å²) in [6.07, 6.45) is 0.560. The Labute approximate surface area is 177 Å². The smallest absolute Gasteiger partial charge is 0.291 e. The highest BCUT2D eigenvalue weighted by Gasteiger charge is 2.18. The molecular weight excluding hydrogens is 410 g/mol. The Kier molecular flexibility index (Phi) is 6.87. The van der Waals surface area contributed by atoms with Crippen molar-refractivity contribution < 1.29 is 19.1 Å². The van der Waals surface area contributed by atoms with Gasteiger partial charge in [-0.3, -0.25) is 20.4 Å². The molecule has 0 spiro atoms. The van der Waals surface area contributed by atoms with Crippen LogP contribution in [0.2, 0.25) is 5.02 Å². The lowest BCUT2D eigenvalue weighted by molar-refractivity contribution is -0.128. The van der Waals surface area contributed by atoms with E-state index < -0.39 is 17.9 Å². The van der Waals surface area contributed by atoms with Crippen LogP contribution in [0.15, 0.2) is 54.7 Å². The molecule has 0 aliphatic heterocycles. The first-order valence-electron chi connectivity index (χ1n) is 9.15. The van der Waals surface area contributed by atoms with E-state index in [1.165, 1.54) is 10.9 Å². The number of carbonyl (C=O) groups excluding carboxylic acids is 2. The van der Waals surface area contributed by atoms with Crippen molar-refractivity contribution in [3.05, 3.63) is 65.4 Å². The number of rotatable bonds is 7. The molecule has 0 aliphatic rings. The average Bonchev–Trinajstić information content (AvgIpc) is 3.23. The van der Waals surface area contributed by atoms with Crippen LogP contribution in [0.5, 0.6) is 11.5 Å². The number of carbonyl (C=O) groups is 2. The number of benzene rings is 2. The quantitative estimate of drug-likeness (QED) is 0.559. The molecule has 2 aromatic carbocycles. The van der Waals surface area contributed by atoms with Gasteiger partial charge in [0, 0.05) is 0 Å². The lowest BCUT2D eigenvalue weighted by Crippen LogP contribution is -2.47. The van der Waals surface area contributed by atoms with Crippen molar-refractivity contribution in [2.75, 3.05) is 6.61 Å². The van der Waals surface area contributed by atoms with Crippen molar-refractivity contribution in [2.45, 2.75) is 20.0 Å². The zero-order valence-electron chi connectivity index (χ0n) is 16.3. The van der Waals surface area contributed by atoms with Crippen LogP contribution >= 0.6 is 11.6 Å². The van der Waals surface area contributed by atoms with Crippen molar-refractivity contribution >= 4 is 23.4 Å². The minimum Gasteiger partial charge on any atom is -0.494 e. The van der Waals surface area contributed by atoms with Gasteiger partial charge in [0.15, 0.2) is 11.8 Å². The number of para-hydroxylation sites is 1. The van der Waals surface area contributed by atoms with E-state index in [0.717, 1.165) is 0 Å². The Hall–Kier alpha value is -3.59. The number of nitrogens with zero attached hydrogens (tertiary/aromatic N) is 3. The van der Waals surface area contributed by atoms with E-state index in [4.69, 9.17) is 21.1 Å². The Morgan fingerprint density at radius 2 is 1.80 bits per heavy atom. The van der Waals surface area contributed by atoms with E-state index in [-0.39, 0.29) is 5.69 Å². The summed E-state index contributed by atoms with van der Waals surface area (Å²) in [6.45, 7) is 4.01. The first kappa shape index (κ1) is 21.1. The molecule has 0 saturated carbocycles. The lowest BCUT2D eigenvalue weighted by atomic mass is 10.3. The van der Waals surface area contributed by atoms with Crippen molar-refractivity contribution in [3.63, 3.8) is 0 Å². The third kappa shape index (κ3) is 5.26. The number of halogens is 1. The van der Waals surface area contributed by atoms with Gasteiger partial charge in [-0.2, -0.15) is 0 Å². The fraction of sp³-hybridized carbons (Fsp3) is 0.200. The molecule has 3 aromatic rings. The van der Waals surface area contributed by atoms with Gasteiger partial charge in [-0.05, 0) is 50.2 Å². The maximum Gasteiger partial charge on any atom is 0.291 e. The Bertz CT molecular complexity index is 1020. The van der Waals surface area contributed by atoms with Gasteiger partial charge in [0.25, 0.3) is 11.8 Å². The molecule has 10 heteroatoms. The number of nitrogens with one attached hydrogen (secondary N) is 2. The second-order valence-corrected chi connectivity index (χ2v) is 6.51. The number of ether oxygens (including phenoxy) is 2. The van der Waals surface area contributed by atoms with Crippen LogP contribution in [0.4, 0.5) is 0 Å². The zero-order valence-corrected chi connectivity index (χ0v) is 17.1. The van der Waals surface area contributed by atoms with Gasteiger partial charge in [0.05, 0.1) is 23.5 Å². The second-order valence-electron chi connectivity index (χ2n) is 6.11. The van der Waals surface area contributed by atoms with Gasteiger partial charge in [-0.1, -0.05) is 28.9 Å². The molecule has 9 nitrogen and oxygen atoms in total. The maximum atomic E-state index is 12.2. The highest BCUT2D eigenvalue weighted by molar-refractivity contribution is 6.32. The molecular formula is C20H20ClN5O4. The van der Waals surface area contributed by atoms with Gasteiger partial charge in [-0.15, -0.1) is 5.10 Å². The summed E-state index contributed by atoms with van der Waals surface area (Å²) in [4.78, 5) is 24.4. The van der Waals surface area contributed by atoms with Crippen LogP contribution in [0.3, 0.4) is 0 Å². The molecule has 0 saturated heterocycles. The van der Waals surface area contributed by atoms with Crippen LogP contribution in [0.25, 0.3) is 5.69 Å². The van der Waals surface area contributed by atoms with E-state index in [0.29, 0.717) is 28.8 Å². The van der Waals surface area contributed by atoms with Crippen LogP contribution in [0.1, 0.15) is 24.3 Å². The van der Waals surface area contributed by atoms with Crippen LogP contribution in [-0.2, 0) is 4.79 Å². The molecule has 156 valence electrons. The third-order valence-electron chi connectivity index (χ3n) is 3.94. The van der Waals surface area contributed by atoms with Crippen molar-refractivity contribution in [1.29, 1.82) is 0 Å². The molecule has 1 aromatic heterocycles. The summed E-state index contributed by atoms with van der Waals surface area (Å²) in [7, 11) is 0. The Balaban J connectivity index is 1.53. The largest absolute Gasteiger partial charge is 0.494 e. The maximum absolute atomic E-state index is 12.2. The van der Waals surface area contributed by atoms with Crippen LogP contribution < -0.4 is 20.3 Å². The van der Waals surface area contributed by atoms with E-state index in [1.807, 2.05) is 6.92 Å². The molecule has 1 unspecified atom stereocenters. The normalized spacial score (nSPS) is 11.4. The van der Waals surface area contributed by atoms with E-state index >= 15 is 0 Å². The Morgan fingerprint density at radius 3 is 2.50 bits per heavy atom. The van der Waals surface area contributed by atoms with Crippen LogP contribution in [-0.4, -0.2) is 39.5 Å². The monoisotopic (exact) mass is 429 g/mol. The summed E-state index contributed by atoms with van der Waals surface area (Å²) < 4.78 is 12.3. The number of aromatic nitrogens is 3. The standard InChI is InChI=1S/C20H20ClN5O4/c1-3-29-14-8-10-15(11-9-14)30-13(2)19(27)23-24-20(28)17-12-26(25-22-17)18-7-5-4-6-16(18)21/h4-13H,3H2,1-2H3,(H,23,27)(H,24,28). The molecule has 0 aliphatic carbocycles. The molecule has 0 bridgehead atoms. The first-order chi connectivity index (χ1) is 14.5. The minimum atomic E-state index is -0.845. The predicted octanol–water partition coefficient (Wildman–Crippen LogP) is 2.55. The fourth-order valence-electron chi connectivity index (χ4n) is 2.45. The summed E-state index contributed by atoms with van der Waals surface area (Å²) in [5.41, 5.74) is 5.17. The summed E-state index contributed by atoms with van der Waals surface area (Å²) in [5, 5.41) is 8.14. The molecule has 0 fully saturated rings. The van der Waals surface area contributed by atoms with Gasteiger partial charge in [-0.25, -0.2) is 4.68 Å². The third-order valence-corrected chi connectivity index (χ3v) is 4.26. The zero-order chi connectivity index (χ0) is 21.5. The van der Waals surface area contributed by atoms with Gasteiger partial charge in [0.1, 0.15) is 11.5 Å². The van der Waals surface area contributed by atoms with E-state index in [2.05, 4.69) is 21.2 Å². The highest BCUT2D eigenvalue weighted by Crippen LogP contribution is 2.19.